The van der Waals surface area contributed by atoms with E-state index in [1.807, 2.05) is 61.5 Å². The second kappa shape index (κ2) is 14.8. The van der Waals surface area contributed by atoms with Gasteiger partial charge in [0, 0.05) is 24.0 Å². The van der Waals surface area contributed by atoms with Gasteiger partial charge in [-0.3, -0.25) is 13.9 Å². The van der Waals surface area contributed by atoms with Gasteiger partial charge >= 0.3 is 0 Å². The van der Waals surface area contributed by atoms with Crippen LogP contribution in [0.4, 0.5) is 5.69 Å². The van der Waals surface area contributed by atoms with Crippen LogP contribution in [0.3, 0.4) is 0 Å². The molecular formula is C33H34BrN3O4S. The van der Waals surface area contributed by atoms with Crippen molar-refractivity contribution in [2.24, 2.45) is 0 Å². The number of para-hydroxylation sites is 1. The summed E-state index contributed by atoms with van der Waals surface area (Å²) in [5, 5.41) is 2.95. The number of rotatable bonds is 13. The van der Waals surface area contributed by atoms with E-state index in [2.05, 4.69) is 21.2 Å². The highest BCUT2D eigenvalue weighted by atomic mass is 79.9. The van der Waals surface area contributed by atoms with E-state index >= 15 is 0 Å². The molecule has 0 radical (unpaired) electrons. The smallest absolute Gasteiger partial charge is 0.264 e. The Morgan fingerprint density at radius 3 is 1.95 bits per heavy atom. The molecule has 0 bridgehead atoms. The van der Waals surface area contributed by atoms with Crippen molar-refractivity contribution >= 4 is 43.5 Å². The minimum Gasteiger partial charge on any atom is -0.354 e. The molecule has 0 aliphatic rings. The highest BCUT2D eigenvalue weighted by Gasteiger charge is 2.34. The molecule has 2 amide bonds. The van der Waals surface area contributed by atoms with Crippen molar-refractivity contribution in [2.75, 3.05) is 17.4 Å². The average Bonchev–Trinajstić information content (AvgIpc) is 3.02. The minimum atomic E-state index is -4.10. The highest BCUT2D eigenvalue weighted by Crippen LogP contribution is 2.25. The zero-order chi connectivity index (χ0) is 30.0. The van der Waals surface area contributed by atoms with Crippen molar-refractivity contribution in [3.8, 4) is 0 Å². The molecule has 0 heterocycles. The van der Waals surface area contributed by atoms with Gasteiger partial charge in [-0.25, -0.2) is 8.42 Å². The molecule has 0 fully saturated rings. The Bertz CT molecular complexity index is 1550. The summed E-state index contributed by atoms with van der Waals surface area (Å²) in [5.74, 6) is -0.780. The topological polar surface area (TPSA) is 86.8 Å². The fraction of sp³-hybridized carbons (Fsp3) is 0.212. The van der Waals surface area contributed by atoms with Gasteiger partial charge in [-0.1, -0.05) is 102 Å². The molecule has 1 atom stereocenters. The lowest BCUT2D eigenvalue weighted by Gasteiger charge is -2.34. The van der Waals surface area contributed by atoms with Gasteiger partial charge in [0.2, 0.25) is 11.8 Å². The normalized spacial score (nSPS) is 11.9. The van der Waals surface area contributed by atoms with Crippen LogP contribution in [-0.4, -0.2) is 44.3 Å². The molecule has 0 saturated heterocycles. The van der Waals surface area contributed by atoms with Crippen molar-refractivity contribution in [3.63, 3.8) is 0 Å². The number of carbonyl (C=O) groups excluding carboxylic acids is 2. The fourth-order valence-corrected chi connectivity index (χ4v) is 6.25. The van der Waals surface area contributed by atoms with Crippen LogP contribution in [0.15, 0.2) is 125 Å². The first kappa shape index (κ1) is 31.0. The van der Waals surface area contributed by atoms with Gasteiger partial charge in [-0.2, -0.15) is 0 Å². The molecule has 0 aliphatic heterocycles. The Morgan fingerprint density at radius 1 is 0.786 bits per heavy atom. The van der Waals surface area contributed by atoms with E-state index in [0.717, 1.165) is 26.3 Å². The maximum atomic E-state index is 14.3. The van der Waals surface area contributed by atoms with E-state index in [9.17, 15) is 18.0 Å². The summed E-state index contributed by atoms with van der Waals surface area (Å²) in [5.41, 5.74) is 2.05. The summed E-state index contributed by atoms with van der Waals surface area (Å²) in [7, 11) is -4.10. The quantitative estimate of drug-likeness (QED) is 0.198. The van der Waals surface area contributed by atoms with Crippen molar-refractivity contribution in [1.29, 1.82) is 0 Å². The van der Waals surface area contributed by atoms with Crippen LogP contribution < -0.4 is 9.62 Å². The van der Waals surface area contributed by atoms with Crippen LogP contribution in [-0.2, 0) is 32.6 Å². The predicted octanol–water partition coefficient (Wildman–Crippen LogP) is 5.81. The average molecular weight is 649 g/mol. The van der Waals surface area contributed by atoms with Gasteiger partial charge in [0.1, 0.15) is 12.6 Å². The number of hydrogen-bond donors (Lipinski definition) is 1. The zero-order valence-electron chi connectivity index (χ0n) is 23.4. The Labute approximate surface area is 256 Å². The first-order chi connectivity index (χ1) is 20.3. The molecule has 0 spiro atoms. The van der Waals surface area contributed by atoms with E-state index in [1.54, 1.807) is 48.5 Å². The molecule has 0 aromatic heterocycles. The van der Waals surface area contributed by atoms with Crippen LogP contribution in [0.25, 0.3) is 0 Å². The summed E-state index contributed by atoms with van der Waals surface area (Å²) in [4.78, 5) is 29.5. The molecule has 1 N–H and O–H groups in total. The van der Waals surface area contributed by atoms with Crippen LogP contribution in [0.5, 0.6) is 0 Å². The number of halogens is 1. The number of nitrogens with one attached hydrogen (secondary N) is 1. The van der Waals surface area contributed by atoms with Crippen molar-refractivity contribution in [3.05, 3.63) is 131 Å². The summed E-state index contributed by atoms with van der Waals surface area (Å²) >= 11 is 3.45. The maximum absolute atomic E-state index is 14.3. The predicted molar refractivity (Wildman–Crippen MR) is 169 cm³/mol. The van der Waals surface area contributed by atoms with Crippen LogP contribution >= 0.6 is 15.9 Å². The molecule has 0 aliphatic carbocycles. The molecule has 0 saturated carbocycles. The maximum Gasteiger partial charge on any atom is 0.264 e. The first-order valence-corrected chi connectivity index (χ1v) is 16.0. The summed E-state index contributed by atoms with van der Waals surface area (Å²) in [6, 6.07) is 32.7. The number of sulfonamides is 1. The Hall–Kier alpha value is -3.95. The van der Waals surface area contributed by atoms with Gasteiger partial charge < -0.3 is 10.2 Å². The molecule has 4 aromatic rings. The third-order valence-electron chi connectivity index (χ3n) is 6.74. The number of amides is 2. The van der Waals surface area contributed by atoms with Gasteiger partial charge in [-0.05, 0) is 53.9 Å². The lowest BCUT2D eigenvalue weighted by molar-refractivity contribution is -0.140. The summed E-state index contributed by atoms with van der Waals surface area (Å²) < 4.78 is 29.8. The van der Waals surface area contributed by atoms with Gasteiger partial charge in [0.25, 0.3) is 10.0 Å². The fourth-order valence-electron chi connectivity index (χ4n) is 4.55. The molecule has 7 nitrogen and oxygen atoms in total. The van der Waals surface area contributed by atoms with E-state index in [1.165, 1.54) is 17.0 Å². The zero-order valence-corrected chi connectivity index (χ0v) is 25.8. The number of benzene rings is 4. The lowest BCUT2D eigenvalue weighted by atomic mass is 10.0. The first-order valence-electron chi connectivity index (χ1n) is 13.8. The van der Waals surface area contributed by atoms with Crippen LogP contribution in [0, 0.1) is 0 Å². The summed E-state index contributed by atoms with van der Waals surface area (Å²) in [6.07, 6.45) is 1.01. The van der Waals surface area contributed by atoms with E-state index < -0.39 is 28.5 Å². The number of anilines is 1. The highest BCUT2D eigenvalue weighted by molar-refractivity contribution is 9.10. The third kappa shape index (κ3) is 8.08. The second-order valence-corrected chi connectivity index (χ2v) is 12.6. The Balaban J connectivity index is 1.76. The molecule has 4 rings (SSSR count). The monoisotopic (exact) mass is 647 g/mol. The number of nitrogens with zero attached hydrogens (tertiary/aromatic N) is 2. The lowest BCUT2D eigenvalue weighted by Crippen LogP contribution is -2.53. The van der Waals surface area contributed by atoms with Gasteiger partial charge in [0.15, 0.2) is 0 Å². The molecule has 42 heavy (non-hydrogen) atoms. The van der Waals surface area contributed by atoms with Crippen molar-refractivity contribution < 1.29 is 18.0 Å². The largest absolute Gasteiger partial charge is 0.354 e. The number of carbonyl (C=O) groups is 2. The van der Waals surface area contributed by atoms with Gasteiger partial charge in [-0.15, -0.1) is 0 Å². The summed E-state index contributed by atoms with van der Waals surface area (Å²) in [6.45, 7) is 2.06. The van der Waals surface area contributed by atoms with Crippen molar-refractivity contribution in [2.45, 2.75) is 37.2 Å². The van der Waals surface area contributed by atoms with Crippen LogP contribution in [0.2, 0.25) is 0 Å². The minimum absolute atomic E-state index is 0.0719. The molecule has 218 valence electrons. The second-order valence-electron chi connectivity index (χ2n) is 9.80. The van der Waals surface area contributed by atoms with Gasteiger partial charge in [0.05, 0.1) is 10.6 Å². The van der Waals surface area contributed by atoms with E-state index in [0.29, 0.717) is 12.2 Å². The molecule has 1 unspecified atom stereocenters. The third-order valence-corrected chi connectivity index (χ3v) is 9.06. The molecule has 4 aromatic carbocycles. The van der Waals surface area contributed by atoms with E-state index in [-0.39, 0.29) is 23.8 Å². The molecule has 9 heteroatoms. The van der Waals surface area contributed by atoms with Crippen LogP contribution in [0.1, 0.15) is 24.5 Å². The SMILES string of the molecule is CCCNC(=O)C(Cc1ccccc1)N(Cc1ccc(Br)cc1)C(=O)CN(c1ccccc1)S(=O)(=O)c1ccccc1. The van der Waals surface area contributed by atoms with E-state index in [4.69, 9.17) is 0 Å². The molecular weight excluding hydrogens is 614 g/mol. The Kier molecular flexibility index (Phi) is 10.9. The standard InChI is InChI=1S/C33H34BrN3O4S/c1-2-22-35-33(39)31(23-26-12-6-3-7-13-26)36(24-27-18-20-28(34)21-19-27)32(38)25-37(29-14-8-4-9-15-29)42(40,41)30-16-10-5-11-17-30/h3-21,31H,2,22-25H2,1H3,(H,35,39). The number of hydrogen-bond acceptors (Lipinski definition) is 4. The van der Waals surface area contributed by atoms with Crippen molar-refractivity contribution in [1.82, 2.24) is 10.2 Å². The Morgan fingerprint density at radius 2 is 1.36 bits per heavy atom.